The van der Waals surface area contributed by atoms with Crippen LogP contribution in [0.3, 0.4) is 0 Å². The second-order valence-electron chi connectivity index (χ2n) is 5.25. The summed E-state index contributed by atoms with van der Waals surface area (Å²) >= 11 is 0. The fourth-order valence-corrected chi connectivity index (χ4v) is 2.29. The zero-order chi connectivity index (χ0) is 17.5. The van der Waals surface area contributed by atoms with Crippen molar-refractivity contribution in [2.75, 3.05) is 19.8 Å². The molecule has 0 aliphatic carbocycles. The largest absolute Gasteiger partial charge is 0.494 e. The molecule has 2 aromatic carbocycles. The van der Waals surface area contributed by atoms with Gasteiger partial charge in [0.05, 0.1) is 30.4 Å². The van der Waals surface area contributed by atoms with Crippen LogP contribution in [0.4, 0.5) is 0 Å². The van der Waals surface area contributed by atoms with Gasteiger partial charge in [-0.05, 0) is 43.3 Å². The van der Waals surface area contributed by atoms with Crippen molar-refractivity contribution in [1.82, 2.24) is 15.3 Å². The molecule has 0 spiro atoms. The second kappa shape index (κ2) is 8.10. The molecular weight excluding hydrogens is 318 g/mol. The normalized spacial score (nSPS) is 10.4. The van der Waals surface area contributed by atoms with Crippen LogP contribution in [0.2, 0.25) is 0 Å². The summed E-state index contributed by atoms with van der Waals surface area (Å²) in [6.45, 7) is 3.30. The van der Waals surface area contributed by atoms with Gasteiger partial charge in [-0.25, -0.2) is 4.98 Å². The smallest absolute Gasteiger partial charge is 0.271 e. The van der Waals surface area contributed by atoms with Gasteiger partial charge in [0.15, 0.2) is 0 Å². The van der Waals surface area contributed by atoms with Crippen LogP contribution >= 0.6 is 0 Å². The highest BCUT2D eigenvalue weighted by Gasteiger charge is 2.08. The SMILES string of the molecule is CCOc1ccc(OCCNC(=O)c2cnc3ccccc3n2)cc1. The maximum absolute atomic E-state index is 12.1. The summed E-state index contributed by atoms with van der Waals surface area (Å²) in [7, 11) is 0. The predicted molar refractivity (Wildman–Crippen MR) is 95.0 cm³/mol. The number of aromatic nitrogens is 2. The second-order valence-corrected chi connectivity index (χ2v) is 5.25. The van der Waals surface area contributed by atoms with Gasteiger partial charge in [-0.2, -0.15) is 0 Å². The van der Waals surface area contributed by atoms with E-state index in [1.165, 1.54) is 6.20 Å². The fraction of sp³-hybridized carbons (Fsp3) is 0.211. The first-order valence-electron chi connectivity index (χ1n) is 8.12. The van der Waals surface area contributed by atoms with Gasteiger partial charge in [-0.3, -0.25) is 9.78 Å². The summed E-state index contributed by atoms with van der Waals surface area (Å²) in [4.78, 5) is 20.7. The highest BCUT2D eigenvalue weighted by Crippen LogP contribution is 2.17. The highest BCUT2D eigenvalue weighted by molar-refractivity contribution is 5.93. The first-order valence-corrected chi connectivity index (χ1v) is 8.12. The van der Waals surface area contributed by atoms with Gasteiger partial charge in [-0.1, -0.05) is 12.1 Å². The van der Waals surface area contributed by atoms with Crippen LogP contribution in [-0.2, 0) is 0 Å². The van der Waals surface area contributed by atoms with Crippen molar-refractivity contribution in [3.8, 4) is 11.5 Å². The molecule has 1 aromatic heterocycles. The van der Waals surface area contributed by atoms with E-state index >= 15 is 0 Å². The summed E-state index contributed by atoms with van der Waals surface area (Å²) in [6.07, 6.45) is 1.48. The summed E-state index contributed by atoms with van der Waals surface area (Å²) in [5.74, 6) is 1.26. The molecule has 1 N–H and O–H groups in total. The lowest BCUT2D eigenvalue weighted by Gasteiger charge is -2.09. The number of carbonyl (C=O) groups excluding carboxylic acids is 1. The van der Waals surface area contributed by atoms with Crippen LogP contribution < -0.4 is 14.8 Å². The number of hydrogen-bond acceptors (Lipinski definition) is 5. The minimum Gasteiger partial charge on any atom is -0.494 e. The zero-order valence-corrected chi connectivity index (χ0v) is 13.9. The Balaban J connectivity index is 1.48. The van der Waals surface area contributed by atoms with E-state index in [4.69, 9.17) is 9.47 Å². The van der Waals surface area contributed by atoms with Crippen molar-refractivity contribution >= 4 is 16.9 Å². The Morgan fingerprint density at radius 3 is 2.40 bits per heavy atom. The predicted octanol–water partition coefficient (Wildman–Crippen LogP) is 2.84. The van der Waals surface area contributed by atoms with Crippen molar-refractivity contribution in [1.29, 1.82) is 0 Å². The lowest BCUT2D eigenvalue weighted by Crippen LogP contribution is -2.28. The third-order valence-corrected chi connectivity index (χ3v) is 3.47. The molecule has 1 amide bonds. The quantitative estimate of drug-likeness (QED) is 0.671. The Labute approximate surface area is 145 Å². The van der Waals surface area contributed by atoms with Crippen molar-refractivity contribution in [2.24, 2.45) is 0 Å². The molecule has 0 bridgehead atoms. The summed E-state index contributed by atoms with van der Waals surface area (Å²) in [6, 6.07) is 14.8. The van der Waals surface area contributed by atoms with E-state index in [9.17, 15) is 4.79 Å². The van der Waals surface area contributed by atoms with E-state index in [-0.39, 0.29) is 5.91 Å². The molecule has 128 valence electrons. The topological polar surface area (TPSA) is 73.3 Å². The number of nitrogens with one attached hydrogen (secondary N) is 1. The third kappa shape index (κ3) is 4.44. The summed E-state index contributed by atoms with van der Waals surface area (Å²) in [5.41, 5.74) is 1.75. The van der Waals surface area contributed by atoms with Crippen LogP contribution in [-0.4, -0.2) is 35.6 Å². The Kier molecular flexibility index (Phi) is 5.41. The van der Waals surface area contributed by atoms with Crippen molar-refractivity contribution < 1.29 is 14.3 Å². The van der Waals surface area contributed by atoms with Gasteiger partial charge < -0.3 is 14.8 Å². The van der Waals surface area contributed by atoms with Gasteiger partial charge in [0.25, 0.3) is 5.91 Å². The minimum atomic E-state index is -0.270. The van der Waals surface area contributed by atoms with Crippen LogP contribution in [0, 0.1) is 0 Å². The molecule has 0 aliphatic rings. The summed E-state index contributed by atoms with van der Waals surface area (Å²) in [5, 5.41) is 2.77. The average molecular weight is 337 g/mol. The third-order valence-electron chi connectivity index (χ3n) is 3.47. The maximum Gasteiger partial charge on any atom is 0.271 e. The van der Waals surface area contributed by atoms with Crippen molar-refractivity contribution in [3.05, 3.63) is 60.4 Å². The van der Waals surface area contributed by atoms with Gasteiger partial charge in [0.1, 0.15) is 23.8 Å². The molecule has 25 heavy (non-hydrogen) atoms. The minimum absolute atomic E-state index is 0.270. The standard InChI is InChI=1S/C19H19N3O3/c1-2-24-14-7-9-15(10-8-14)25-12-11-20-19(23)18-13-21-16-5-3-4-6-17(16)22-18/h3-10,13H,2,11-12H2,1H3,(H,20,23). The molecule has 0 atom stereocenters. The number of benzene rings is 2. The number of fused-ring (bicyclic) bond motifs is 1. The monoisotopic (exact) mass is 337 g/mol. The molecular formula is C19H19N3O3. The number of hydrogen-bond donors (Lipinski definition) is 1. The van der Waals surface area contributed by atoms with E-state index in [0.29, 0.717) is 31.0 Å². The van der Waals surface area contributed by atoms with Gasteiger partial charge >= 0.3 is 0 Å². The Bertz CT molecular complexity index is 850. The molecule has 6 nitrogen and oxygen atoms in total. The number of rotatable bonds is 7. The first kappa shape index (κ1) is 16.7. The van der Waals surface area contributed by atoms with E-state index in [2.05, 4.69) is 15.3 Å². The Hall–Kier alpha value is -3.15. The molecule has 0 fully saturated rings. The number of ether oxygens (including phenoxy) is 2. The average Bonchev–Trinajstić information content (AvgIpc) is 2.66. The molecule has 6 heteroatoms. The van der Waals surface area contributed by atoms with Crippen LogP contribution in [0.5, 0.6) is 11.5 Å². The molecule has 3 aromatic rings. The molecule has 0 saturated carbocycles. The van der Waals surface area contributed by atoms with Crippen molar-refractivity contribution in [2.45, 2.75) is 6.92 Å². The molecule has 0 saturated heterocycles. The lowest BCUT2D eigenvalue weighted by atomic mass is 10.3. The number of nitrogens with zero attached hydrogens (tertiary/aromatic N) is 2. The molecule has 0 unspecified atom stereocenters. The summed E-state index contributed by atoms with van der Waals surface area (Å²) < 4.78 is 11.0. The van der Waals surface area contributed by atoms with E-state index in [1.807, 2.05) is 55.5 Å². The van der Waals surface area contributed by atoms with Crippen LogP contribution in [0.1, 0.15) is 17.4 Å². The van der Waals surface area contributed by atoms with Gasteiger partial charge in [-0.15, -0.1) is 0 Å². The zero-order valence-electron chi connectivity index (χ0n) is 13.9. The number of carbonyl (C=O) groups is 1. The molecule has 1 heterocycles. The van der Waals surface area contributed by atoms with E-state index in [1.54, 1.807) is 0 Å². The van der Waals surface area contributed by atoms with E-state index < -0.39 is 0 Å². The van der Waals surface area contributed by atoms with Crippen molar-refractivity contribution in [3.63, 3.8) is 0 Å². The highest BCUT2D eigenvalue weighted by atomic mass is 16.5. The van der Waals surface area contributed by atoms with Crippen LogP contribution in [0.25, 0.3) is 11.0 Å². The molecule has 0 aliphatic heterocycles. The van der Waals surface area contributed by atoms with Gasteiger partial charge in [0.2, 0.25) is 0 Å². The lowest BCUT2D eigenvalue weighted by molar-refractivity contribution is 0.0942. The fourth-order valence-electron chi connectivity index (χ4n) is 2.29. The Morgan fingerprint density at radius 2 is 1.68 bits per heavy atom. The number of amides is 1. The van der Waals surface area contributed by atoms with Gasteiger partial charge in [0, 0.05) is 0 Å². The molecule has 3 rings (SSSR count). The Morgan fingerprint density at radius 1 is 1.00 bits per heavy atom. The maximum atomic E-state index is 12.1. The first-order chi connectivity index (χ1) is 12.3. The molecule has 0 radical (unpaired) electrons. The van der Waals surface area contributed by atoms with Crippen LogP contribution in [0.15, 0.2) is 54.7 Å². The number of para-hydroxylation sites is 2. The van der Waals surface area contributed by atoms with E-state index in [0.717, 1.165) is 17.0 Å².